The molecule has 2 N–H and O–H groups in total. The SMILES string of the molecule is CCNC(=NCc1ccn(C)c1)NCc1nc(C)c(C)o1. The lowest BCUT2D eigenvalue weighted by atomic mass is 10.3. The third-order valence-corrected chi connectivity index (χ3v) is 3.14. The summed E-state index contributed by atoms with van der Waals surface area (Å²) in [4.78, 5) is 8.90. The minimum absolute atomic E-state index is 0.523. The Morgan fingerprint density at radius 2 is 2.19 bits per heavy atom. The fraction of sp³-hybridized carbons (Fsp3) is 0.467. The summed E-state index contributed by atoms with van der Waals surface area (Å²) in [5.41, 5.74) is 2.11. The van der Waals surface area contributed by atoms with Gasteiger partial charge in [-0.2, -0.15) is 0 Å². The maximum Gasteiger partial charge on any atom is 0.214 e. The van der Waals surface area contributed by atoms with E-state index in [4.69, 9.17) is 4.42 Å². The van der Waals surface area contributed by atoms with Gasteiger partial charge < -0.3 is 19.6 Å². The maximum absolute atomic E-state index is 5.55. The number of aromatic nitrogens is 2. The molecule has 21 heavy (non-hydrogen) atoms. The summed E-state index contributed by atoms with van der Waals surface area (Å²) >= 11 is 0. The van der Waals surface area contributed by atoms with Crippen molar-refractivity contribution in [2.45, 2.75) is 33.9 Å². The lowest BCUT2D eigenvalue weighted by molar-refractivity contribution is 0.463. The molecule has 0 aliphatic rings. The largest absolute Gasteiger partial charge is 0.444 e. The topological polar surface area (TPSA) is 67.4 Å². The monoisotopic (exact) mass is 289 g/mol. The maximum atomic E-state index is 5.55. The highest BCUT2D eigenvalue weighted by molar-refractivity contribution is 5.79. The first-order valence-electron chi connectivity index (χ1n) is 7.14. The minimum atomic E-state index is 0.523. The first kappa shape index (κ1) is 15.2. The van der Waals surface area contributed by atoms with Crippen molar-refractivity contribution in [2.24, 2.45) is 12.0 Å². The van der Waals surface area contributed by atoms with Crippen molar-refractivity contribution in [2.75, 3.05) is 6.54 Å². The van der Waals surface area contributed by atoms with Crippen LogP contribution in [0.5, 0.6) is 0 Å². The van der Waals surface area contributed by atoms with Crippen LogP contribution in [0.1, 0.15) is 29.8 Å². The fourth-order valence-corrected chi connectivity index (χ4v) is 1.94. The van der Waals surface area contributed by atoms with Crippen LogP contribution in [0.25, 0.3) is 0 Å². The highest BCUT2D eigenvalue weighted by Gasteiger charge is 2.06. The molecule has 6 heteroatoms. The number of oxazole rings is 1. The molecule has 0 amide bonds. The summed E-state index contributed by atoms with van der Waals surface area (Å²) in [7, 11) is 2.00. The Kier molecular flexibility index (Phi) is 5.03. The van der Waals surface area contributed by atoms with Gasteiger partial charge in [0.05, 0.1) is 18.8 Å². The molecule has 2 rings (SSSR count). The second-order valence-electron chi connectivity index (χ2n) is 4.98. The molecule has 0 aliphatic heterocycles. The summed E-state index contributed by atoms with van der Waals surface area (Å²) in [5.74, 6) is 2.29. The highest BCUT2D eigenvalue weighted by Crippen LogP contribution is 2.07. The highest BCUT2D eigenvalue weighted by atomic mass is 16.4. The second kappa shape index (κ2) is 6.97. The summed E-state index contributed by atoms with van der Waals surface area (Å²) in [6, 6.07) is 2.06. The molecule has 0 atom stereocenters. The molecular formula is C15H23N5O. The Hall–Kier alpha value is -2.24. The molecule has 0 radical (unpaired) electrons. The van der Waals surface area contributed by atoms with E-state index in [2.05, 4.69) is 32.9 Å². The Morgan fingerprint density at radius 3 is 2.76 bits per heavy atom. The van der Waals surface area contributed by atoms with Crippen LogP contribution in [0.2, 0.25) is 0 Å². The normalized spacial score (nSPS) is 11.7. The van der Waals surface area contributed by atoms with E-state index >= 15 is 0 Å². The molecule has 0 saturated carbocycles. The lowest BCUT2D eigenvalue weighted by Crippen LogP contribution is -2.36. The van der Waals surface area contributed by atoms with Gasteiger partial charge in [0.15, 0.2) is 5.96 Å². The van der Waals surface area contributed by atoms with E-state index in [1.807, 2.05) is 38.6 Å². The average Bonchev–Trinajstić information content (AvgIpc) is 3.00. The van der Waals surface area contributed by atoms with Gasteiger partial charge in [-0.25, -0.2) is 9.98 Å². The van der Waals surface area contributed by atoms with Gasteiger partial charge in [0.1, 0.15) is 5.76 Å². The number of aryl methyl sites for hydroxylation is 3. The third kappa shape index (κ3) is 4.37. The zero-order chi connectivity index (χ0) is 15.2. The van der Waals surface area contributed by atoms with Crippen LogP contribution in [0.15, 0.2) is 27.9 Å². The summed E-state index contributed by atoms with van der Waals surface area (Å²) < 4.78 is 7.57. The van der Waals surface area contributed by atoms with Crippen LogP contribution in [0.4, 0.5) is 0 Å². The molecule has 0 aromatic carbocycles. The average molecular weight is 289 g/mol. The zero-order valence-corrected chi connectivity index (χ0v) is 13.1. The smallest absolute Gasteiger partial charge is 0.214 e. The van der Waals surface area contributed by atoms with E-state index in [9.17, 15) is 0 Å². The number of rotatable bonds is 5. The Bertz CT molecular complexity index is 592. The minimum Gasteiger partial charge on any atom is -0.444 e. The van der Waals surface area contributed by atoms with Crippen molar-refractivity contribution in [1.82, 2.24) is 20.2 Å². The van der Waals surface area contributed by atoms with Crippen LogP contribution < -0.4 is 10.6 Å². The van der Waals surface area contributed by atoms with Crippen LogP contribution in [-0.4, -0.2) is 22.1 Å². The van der Waals surface area contributed by atoms with Crippen molar-refractivity contribution in [3.8, 4) is 0 Å². The Morgan fingerprint density at radius 1 is 1.38 bits per heavy atom. The Balaban J connectivity index is 1.94. The summed E-state index contributed by atoms with van der Waals surface area (Å²) in [5, 5.41) is 6.44. The van der Waals surface area contributed by atoms with E-state index in [0.29, 0.717) is 19.0 Å². The molecule has 0 saturated heterocycles. The number of guanidine groups is 1. The van der Waals surface area contributed by atoms with E-state index in [1.54, 1.807) is 0 Å². The van der Waals surface area contributed by atoms with Crippen molar-refractivity contribution >= 4 is 5.96 Å². The van der Waals surface area contributed by atoms with Gasteiger partial charge in [-0.3, -0.25) is 0 Å². The van der Waals surface area contributed by atoms with Crippen LogP contribution >= 0.6 is 0 Å². The Labute approximate surface area is 125 Å². The van der Waals surface area contributed by atoms with Crippen molar-refractivity contribution in [3.63, 3.8) is 0 Å². The number of hydrogen-bond acceptors (Lipinski definition) is 3. The van der Waals surface area contributed by atoms with E-state index in [1.165, 1.54) is 5.56 Å². The predicted molar refractivity (Wildman–Crippen MR) is 83.0 cm³/mol. The van der Waals surface area contributed by atoms with Crippen molar-refractivity contribution in [3.05, 3.63) is 41.4 Å². The third-order valence-electron chi connectivity index (χ3n) is 3.14. The van der Waals surface area contributed by atoms with Crippen LogP contribution in [-0.2, 0) is 20.1 Å². The van der Waals surface area contributed by atoms with E-state index in [-0.39, 0.29) is 0 Å². The van der Waals surface area contributed by atoms with Gasteiger partial charge >= 0.3 is 0 Å². The van der Waals surface area contributed by atoms with Gasteiger partial charge in [-0.05, 0) is 32.4 Å². The van der Waals surface area contributed by atoms with Gasteiger partial charge in [0.25, 0.3) is 0 Å². The number of nitrogens with one attached hydrogen (secondary N) is 2. The van der Waals surface area contributed by atoms with E-state index in [0.717, 1.165) is 24.0 Å². The standard InChI is InChI=1S/C15H23N5O/c1-5-16-15(17-8-13-6-7-20(4)10-13)18-9-14-19-11(2)12(3)21-14/h6-7,10H,5,8-9H2,1-4H3,(H2,16,17,18). The molecule has 6 nitrogen and oxygen atoms in total. The lowest BCUT2D eigenvalue weighted by Gasteiger charge is -2.09. The van der Waals surface area contributed by atoms with Gasteiger partial charge in [0.2, 0.25) is 5.89 Å². The van der Waals surface area contributed by atoms with Gasteiger partial charge in [0, 0.05) is 26.0 Å². The molecule has 0 fully saturated rings. The van der Waals surface area contributed by atoms with Crippen LogP contribution in [0.3, 0.4) is 0 Å². The fourth-order valence-electron chi connectivity index (χ4n) is 1.94. The summed E-state index contributed by atoms with van der Waals surface area (Å²) in [6.07, 6.45) is 4.08. The van der Waals surface area contributed by atoms with Gasteiger partial charge in [-0.15, -0.1) is 0 Å². The molecule has 2 aromatic heterocycles. The number of hydrogen-bond donors (Lipinski definition) is 2. The summed E-state index contributed by atoms with van der Waals surface area (Å²) in [6.45, 7) is 7.87. The molecule has 0 unspecified atom stereocenters. The molecular weight excluding hydrogens is 266 g/mol. The number of aliphatic imine (C=N–C) groups is 1. The second-order valence-corrected chi connectivity index (χ2v) is 4.98. The molecule has 2 aromatic rings. The molecule has 0 spiro atoms. The molecule has 114 valence electrons. The van der Waals surface area contributed by atoms with Gasteiger partial charge in [-0.1, -0.05) is 0 Å². The van der Waals surface area contributed by atoms with E-state index < -0.39 is 0 Å². The molecule has 0 bridgehead atoms. The first-order chi connectivity index (χ1) is 10.1. The number of nitrogens with zero attached hydrogens (tertiary/aromatic N) is 3. The first-order valence-corrected chi connectivity index (χ1v) is 7.14. The predicted octanol–water partition coefficient (Wildman–Crippen LogP) is 1.89. The zero-order valence-electron chi connectivity index (χ0n) is 13.1. The van der Waals surface area contributed by atoms with Crippen molar-refractivity contribution < 1.29 is 4.42 Å². The van der Waals surface area contributed by atoms with Crippen LogP contribution in [0, 0.1) is 13.8 Å². The quantitative estimate of drug-likeness (QED) is 0.651. The van der Waals surface area contributed by atoms with Crippen molar-refractivity contribution in [1.29, 1.82) is 0 Å². The molecule has 2 heterocycles. The molecule has 0 aliphatic carbocycles.